The van der Waals surface area contributed by atoms with E-state index in [9.17, 15) is 5.11 Å². The number of aliphatic hydroxyl groups is 1. The van der Waals surface area contributed by atoms with Crippen molar-refractivity contribution in [1.82, 2.24) is 0 Å². The van der Waals surface area contributed by atoms with Crippen LogP contribution in [0.15, 0.2) is 36.4 Å². The van der Waals surface area contributed by atoms with Gasteiger partial charge >= 0.3 is 0 Å². The van der Waals surface area contributed by atoms with Crippen LogP contribution in [0.2, 0.25) is 5.02 Å². The van der Waals surface area contributed by atoms with E-state index >= 15 is 0 Å². The molecule has 0 bridgehead atoms. The Labute approximate surface area is 128 Å². The summed E-state index contributed by atoms with van der Waals surface area (Å²) < 4.78 is 10.7. The summed E-state index contributed by atoms with van der Waals surface area (Å²) in [6.45, 7) is 2.15. The van der Waals surface area contributed by atoms with Crippen molar-refractivity contribution in [3.8, 4) is 11.5 Å². The molecule has 1 aliphatic heterocycles. The first-order valence-electron chi connectivity index (χ1n) is 6.70. The maximum absolute atomic E-state index is 9.67. The van der Waals surface area contributed by atoms with Crippen LogP contribution in [-0.4, -0.2) is 18.5 Å². The molecule has 2 N–H and O–H groups in total. The molecule has 1 atom stereocenters. The maximum Gasteiger partial charge on any atom is 0.231 e. The first-order valence-corrected chi connectivity index (χ1v) is 7.08. The Kier molecular flexibility index (Phi) is 3.90. The summed E-state index contributed by atoms with van der Waals surface area (Å²) >= 11 is 6.19. The molecule has 0 amide bonds. The average Bonchev–Trinajstić information content (AvgIpc) is 2.93. The number of aliphatic hydroxyl groups excluding tert-OH is 1. The highest BCUT2D eigenvalue weighted by molar-refractivity contribution is 6.32. The van der Waals surface area contributed by atoms with Crippen molar-refractivity contribution in [2.75, 3.05) is 18.7 Å². The zero-order valence-electron chi connectivity index (χ0n) is 11.6. The van der Waals surface area contributed by atoms with Gasteiger partial charge in [-0.2, -0.15) is 0 Å². The van der Waals surface area contributed by atoms with Crippen molar-refractivity contribution in [2.45, 2.75) is 13.0 Å². The second-order valence-electron chi connectivity index (χ2n) is 4.99. The van der Waals surface area contributed by atoms with Gasteiger partial charge in [0.15, 0.2) is 11.5 Å². The van der Waals surface area contributed by atoms with Crippen molar-refractivity contribution >= 4 is 17.3 Å². The number of aryl methyl sites for hydroxylation is 1. The molecule has 1 aliphatic rings. The van der Waals surface area contributed by atoms with Crippen LogP contribution in [0.1, 0.15) is 17.2 Å². The summed E-state index contributed by atoms with van der Waals surface area (Å²) in [5.41, 5.74) is 2.96. The van der Waals surface area contributed by atoms with Gasteiger partial charge in [-0.05, 0) is 42.3 Å². The van der Waals surface area contributed by atoms with Gasteiger partial charge in [-0.1, -0.05) is 23.7 Å². The number of rotatable bonds is 4. The molecular formula is C16H16ClNO3. The Bertz CT molecular complexity index is 660. The molecule has 0 radical (unpaired) electrons. The maximum atomic E-state index is 9.67. The molecular weight excluding hydrogens is 290 g/mol. The fourth-order valence-electron chi connectivity index (χ4n) is 2.36. The zero-order chi connectivity index (χ0) is 14.8. The van der Waals surface area contributed by atoms with Crippen molar-refractivity contribution in [3.05, 3.63) is 52.5 Å². The number of ether oxygens (including phenoxy) is 2. The standard InChI is InChI=1S/C16H16ClNO3/c1-10-3-2-4-12(5-10)18-14(8-19)11-6-13(17)16-15(7-11)20-9-21-16/h2-7,14,18-19H,8-9H2,1H3. The first-order chi connectivity index (χ1) is 10.2. The number of anilines is 1. The molecule has 2 aromatic carbocycles. The van der Waals surface area contributed by atoms with Crippen molar-refractivity contribution in [2.24, 2.45) is 0 Å². The number of nitrogens with one attached hydrogen (secondary N) is 1. The molecule has 1 unspecified atom stereocenters. The van der Waals surface area contributed by atoms with Crippen LogP contribution in [-0.2, 0) is 0 Å². The largest absolute Gasteiger partial charge is 0.454 e. The normalized spacial score (nSPS) is 14.0. The van der Waals surface area contributed by atoms with E-state index in [1.807, 2.05) is 37.3 Å². The minimum Gasteiger partial charge on any atom is -0.454 e. The third-order valence-electron chi connectivity index (χ3n) is 3.39. The Hall–Kier alpha value is -1.91. The van der Waals surface area contributed by atoms with Gasteiger partial charge < -0.3 is 19.9 Å². The highest BCUT2D eigenvalue weighted by Crippen LogP contribution is 2.41. The molecule has 2 aromatic rings. The Morgan fingerprint density at radius 3 is 2.90 bits per heavy atom. The molecule has 4 nitrogen and oxygen atoms in total. The lowest BCUT2D eigenvalue weighted by Crippen LogP contribution is -2.15. The molecule has 0 aliphatic carbocycles. The van der Waals surface area contributed by atoms with E-state index in [0.717, 1.165) is 16.8 Å². The SMILES string of the molecule is Cc1cccc(NC(CO)c2cc(Cl)c3c(c2)OCO3)c1. The van der Waals surface area contributed by atoms with Gasteiger partial charge in [-0.3, -0.25) is 0 Å². The lowest BCUT2D eigenvalue weighted by atomic mass is 10.1. The summed E-state index contributed by atoms with van der Waals surface area (Å²) in [4.78, 5) is 0. The highest BCUT2D eigenvalue weighted by Gasteiger charge is 2.21. The first kappa shape index (κ1) is 14.0. The Balaban J connectivity index is 1.88. The minimum absolute atomic E-state index is 0.0517. The van der Waals surface area contributed by atoms with Gasteiger partial charge in [0, 0.05) is 5.69 Å². The summed E-state index contributed by atoms with van der Waals surface area (Å²) in [5, 5.41) is 13.5. The van der Waals surface area contributed by atoms with Crippen LogP contribution < -0.4 is 14.8 Å². The van der Waals surface area contributed by atoms with Gasteiger partial charge in [0.25, 0.3) is 0 Å². The number of fused-ring (bicyclic) bond motifs is 1. The van der Waals surface area contributed by atoms with Crippen molar-refractivity contribution in [1.29, 1.82) is 0 Å². The summed E-state index contributed by atoms with van der Waals surface area (Å²) in [6.07, 6.45) is 0. The van der Waals surface area contributed by atoms with E-state index in [0.29, 0.717) is 16.5 Å². The van der Waals surface area contributed by atoms with Crippen molar-refractivity contribution < 1.29 is 14.6 Å². The number of benzene rings is 2. The van der Waals surface area contributed by atoms with Crippen LogP contribution >= 0.6 is 11.6 Å². The third-order valence-corrected chi connectivity index (χ3v) is 3.67. The van der Waals surface area contributed by atoms with E-state index < -0.39 is 0 Å². The minimum atomic E-state index is -0.265. The zero-order valence-corrected chi connectivity index (χ0v) is 12.4. The second-order valence-corrected chi connectivity index (χ2v) is 5.39. The molecule has 3 rings (SSSR count). The summed E-state index contributed by atoms with van der Waals surface area (Å²) in [5.74, 6) is 1.18. The number of hydrogen-bond acceptors (Lipinski definition) is 4. The third kappa shape index (κ3) is 2.91. The lowest BCUT2D eigenvalue weighted by Gasteiger charge is -2.19. The van der Waals surface area contributed by atoms with Crippen molar-refractivity contribution in [3.63, 3.8) is 0 Å². The van der Waals surface area contributed by atoms with Crippen LogP contribution in [0.3, 0.4) is 0 Å². The van der Waals surface area contributed by atoms with Gasteiger partial charge in [-0.15, -0.1) is 0 Å². The lowest BCUT2D eigenvalue weighted by molar-refractivity contribution is 0.174. The molecule has 21 heavy (non-hydrogen) atoms. The van der Waals surface area contributed by atoms with Gasteiger partial charge in [0.2, 0.25) is 6.79 Å². The quantitative estimate of drug-likeness (QED) is 0.907. The molecule has 5 heteroatoms. The van der Waals surface area contributed by atoms with E-state index in [1.165, 1.54) is 0 Å². The molecule has 0 fully saturated rings. The topological polar surface area (TPSA) is 50.7 Å². The molecule has 1 heterocycles. The predicted molar refractivity (Wildman–Crippen MR) is 82.2 cm³/mol. The van der Waals surface area contributed by atoms with E-state index in [1.54, 1.807) is 6.07 Å². The van der Waals surface area contributed by atoms with Crippen LogP contribution in [0.25, 0.3) is 0 Å². The Morgan fingerprint density at radius 1 is 1.29 bits per heavy atom. The van der Waals surface area contributed by atoms with Crippen LogP contribution in [0.4, 0.5) is 5.69 Å². The number of halogens is 1. The fraction of sp³-hybridized carbons (Fsp3) is 0.250. The molecule has 0 aromatic heterocycles. The fourth-order valence-corrected chi connectivity index (χ4v) is 2.63. The molecule has 0 spiro atoms. The second kappa shape index (κ2) is 5.84. The van der Waals surface area contributed by atoms with E-state index in [4.69, 9.17) is 21.1 Å². The average molecular weight is 306 g/mol. The summed E-state index contributed by atoms with van der Waals surface area (Å²) in [6, 6.07) is 11.4. The van der Waals surface area contributed by atoms with Crippen LogP contribution in [0.5, 0.6) is 11.5 Å². The molecule has 0 saturated heterocycles. The summed E-state index contributed by atoms with van der Waals surface area (Å²) in [7, 11) is 0. The monoisotopic (exact) mass is 305 g/mol. The highest BCUT2D eigenvalue weighted by atomic mass is 35.5. The molecule has 110 valence electrons. The van der Waals surface area contributed by atoms with Gasteiger partial charge in [0.1, 0.15) is 0 Å². The molecule has 0 saturated carbocycles. The number of hydrogen-bond donors (Lipinski definition) is 2. The van der Waals surface area contributed by atoms with E-state index in [-0.39, 0.29) is 19.4 Å². The van der Waals surface area contributed by atoms with E-state index in [2.05, 4.69) is 5.32 Å². The van der Waals surface area contributed by atoms with Crippen LogP contribution in [0, 0.1) is 6.92 Å². The predicted octanol–water partition coefficient (Wildman–Crippen LogP) is 3.52. The van der Waals surface area contributed by atoms with Gasteiger partial charge in [0.05, 0.1) is 17.7 Å². The smallest absolute Gasteiger partial charge is 0.231 e. The Morgan fingerprint density at radius 2 is 2.14 bits per heavy atom. The van der Waals surface area contributed by atoms with Gasteiger partial charge in [-0.25, -0.2) is 0 Å².